The van der Waals surface area contributed by atoms with Gasteiger partial charge in [-0.3, -0.25) is 4.55 Å². The highest BCUT2D eigenvalue weighted by atomic mass is 32.2. The molecule has 1 atom stereocenters. The Morgan fingerprint density at radius 1 is 1.07 bits per heavy atom. The van der Waals surface area contributed by atoms with Crippen LogP contribution in [0.2, 0.25) is 0 Å². The van der Waals surface area contributed by atoms with Crippen molar-refractivity contribution in [2.75, 3.05) is 13.2 Å². The van der Waals surface area contributed by atoms with E-state index in [2.05, 4.69) is 0 Å². The molecule has 0 bridgehead atoms. The zero-order valence-corrected chi connectivity index (χ0v) is 17.3. The smallest absolute Gasteiger partial charge is 0.357 e. The van der Waals surface area contributed by atoms with Crippen molar-refractivity contribution in [3.8, 4) is 17.2 Å². The molecule has 9 heteroatoms. The maximum Gasteiger partial charge on any atom is 0.357 e. The van der Waals surface area contributed by atoms with Crippen molar-refractivity contribution in [3.05, 3.63) is 64.0 Å². The summed E-state index contributed by atoms with van der Waals surface area (Å²) < 4.78 is 41.6. The van der Waals surface area contributed by atoms with Gasteiger partial charge in [0.1, 0.15) is 29.4 Å². The first kappa shape index (κ1) is 21.8. The minimum absolute atomic E-state index is 0.177. The fraction of sp³-hybridized carbons (Fsp3) is 0.286. The van der Waals surface area contributed by atoms with E-state index in [4.69, 9.17) is 28.4 Å². The first-order valence-electron chi connectivity index (χ1n) is 9.38. The molecule has 0 spiro atoms. The third-order valence-electron chi connectivity index (χ3n) is 4.38. The molecule has 30 heavy (non-hydrogen) atoms. The molecule has 0 saturated heterocycles. The van der Waals surface area contributed by atoms with E-state index in [9.17, 15) is 9.00 Å². The number of benzene rings is 2. The van der Waals surface area contributed by atoms with Crippen molar-refractivity contribution in [2.24, 2.45) is 5.73 Å². The lowest BCUT2D eigenvalue weighted by molar-refractivity contribution is 0.275. The molecule has 0 fully saturated rings. The summed E-state index contributed by atoms with van der Waals surface area (Å²) in [5.74, 6) is 1.22. The van der Waals surface area contributed by atoms with Gasteiger partial charge in [-0.25, -0.2) is 4.79 Å². The minimum atomic E-state index is -2.43. The molecule has 0 aliphatic carbocycles. The molecule has 1 aromatic heterocycles. The molecule has 8 nitrogen and oxygen atoms in total. The minimum Gasteiger partial charge on any atom is -0.493 e. The second-order valence-electron chi connectivity index (χ2n) is 6.61. The first-order valence-corrected chi connectivity index (χ1v) is 10.4. The average molecular weight is 433 g/mol. The van der Waals surface area contributed by atoms with E-state index in [0.717, 1.165) is 29.4 Å². The molecule has 0 radical (unpaired) electrons. The molecule has 160 valence electrons. The van der Waals surface area contributed by atoms with E-state index in [1.54, 1.807) is 24.3 Å². The predicted octanol–water partition coefficient (Wildman–Crippen LogP) is 3.31. The standard InChI is InChI=1S/C21H23NO7S/c1-14-10-21(23)28-20-11-16(6-7-18(14)20)27-13-15-4-5-17(29-30(24)25)12-19(15)26-9-3-2-8-22/h4-7,10-12H,2-3,8-9,13,22H2,1H3,(H,24,25). The van der Waals surface area contributed by atoms with Gasteiger partial charge in [0, 0.05) is 29.1 Å². The molecule has 2 aromatic carbocycles. The molecule has 3 aromatic rings. The fourth-order valence-electron chi connectivity index (χ4n) is 2.91. The van der Waals surface area contributed by atoms with Crippen LogP contribution >= 0.6 is 0 Å². The second-order valence-corrected chi connectivity index (χ2v) is 7.21. The molecule has 3 N–H and O–H groups in total. The number of aryl methyl sites for hydroxylation is 1. The van der Waals surface area contributed by atoms with E-state index < -0.39 is 17.0 Å². The summed E-state index contributed by atoms with van der Waals surface area (Å²) in [7, 11) is 0. The highest BCUT2D eigenvalue weighted by Gasteiger charge is 2.10. The van der Waals surface area contributed by atoms with Gasteiger partial charge >= 0.3 is 17.0 Å². The van der Waals surface area contributed by atoms with E-state index in [0.29, 0.717) is 30.2 Å². The number of ether oxygens (including phenoxy) is 2. The predicted molar refractivity (Wildman–Crippen MR) is 113 cm³/mol. The van der Waals surface area contributed by atoms with Crippen LogP contribution < -0.4 is 25.0 Å². The van der Waals surface area contributed by atoms with Gasteiger partial charge in [0.05, 0.1) is 6.61 Å². The Labute approximate surface area is 176 Å². The van der Waals surface area contributed by atoms with Crippen molar-refractivity contribution in [1.82, 2.24) is 0 Å². The van der Waals surface area contributed by atoms with Gasteiger partial charge in [-0.1, -0.05) is 0 Å². The summed E-state index contributed by atoms with van der Waals surface area (Å²) in [6.45, 7) is 3.03. The van der Waals surface area contributed by atoms with Crippen LogP contribution in [-0.2, 0) is 18.0 Å². The summed E-state index contributed by atoms with van der Waals surface area (Å²) in [4.78, 5) is 11.6. The molecule has 0 saturated carbocycles. The van der Waals surface area contributed by atoms with E-state index in [1.165, 1.54) is 12.1 Å². The summed E-state index contributed by atoms with van der Waals surface area (Å²) in [5.41, 5.74) is 7.09. The Hall–Kier alpha value is -2.88. The Balaban J connectivity index is 1.78. The molecule has 0 aliphatic rings. The second kappa shape index (κ2) is 10.2. The van der Waals surface area contributed by atoms with Crippen LogP contribution in [0.1, 0.15) is 24.0 Å². The molecule has 0 aliphatic heterocycles. The van der Waals surface area contributed by atoms with Crippen molar-refractivity contribution in [1.29, 1.82) is 0 Å². The van der Waals surface area contributed by atoms with Gasteiger partial charge < -0.3 is 23.8 Å². The van der Waals surface area contributed by atoms with Gasteiger partial charge in [-0.15, -0.1) is 0 Å². The van der Waals surface area contributed by atoms with E-state index in [-0.39, 0.29) is 12.4 Å². The summed E-state index contributed by atoms with van der Waals surface area (Å²) >= 11 is -2.43. The first-order chi connectivity index (χ1) is 14.5. The normalized spacial score (nSPS) is 12.0. The summed E-state index contributed by atoms with van der Waals surface area (Å²) in [6, 6.07) is 11.5. The van der Waals surface area contributed by atoms with Crippen LogP contribution in [0.5, 0.6) is 17.2 Å². The van der Waals surface area contributed by atoms with Crippen LogP contribution in [-0.4, -0.2) is 21.9 Å². The maximum absolute atomic E-state index is 11.6. The fourth-order valence-corrected chi connectivity index (χ4v) is 3.18. The van der Waals surface area contributed by atoms with E-state index in [1.807, 2.05) is 13.0 Å². The van der Waals surface area contributed by atoms with Crippen LogP contribution in [0, 0.1) is 6.92 Å². The highest BCUT2D eigenvalue weighted by Crippen LogP contribution is 2.28. The van der Waals surface area contributed by atoms with E-state index >= 15 is 0 Å². The highest BCUT2D eigenvalue weighted by molar-refractivity contribution is 7.74. The van der Waals surface area contributed by atoms with Gasteiger partial charge in [-0.05, 0) is 56.1 Å². The third kappa shape index (κ3) is 5.82. The largest absolute Gasteiger partial charge is 0.493 e. The number of hydrogen-bond acceptors (Lipinski definition) is 7. The lowest BCUT2D eigenvalue weighted by atomic mass is 10.1. The molecule has 3 rings (SSSR count). The SMILES string of the molecule is Cc1cc(=O)oc2cc(OCc3ccc(OS(=O)O)cc3OCCCCN)ccc12. The Morgan fingerprint density at radius 2 is 1.87 bits per heavy atom. The van der Waals surface area contributed by atoms with Crippen molar-refractivity contribution < 1.29 is 26.8 Å². The number of nitrogens with two attached hydrogens (primary N) is 1. The summed E-state index contributed by atoms with van der Waals surface area (Å²) in [6.07, 6.45) is 1.60. The number of unbranched alkanes of at least 4 members (excludes halogenated alkanes) is 1. The lowest BCUT2D eigenvalue weighted by Gasteiger charge is -2.14. The number of rotatable bonds is 10. The van der Waals surface area contributed by atoms with Gasteiger partial charge in [0.25, 0.3) is 0 Å². The van der Waals surface area contributed by atoms with Crippen LogP contribution in [0.3, 0.4) is 0 Å². The van der Waals surface area contributed by atoms with Gasteiger partial charge in [0.2, 0.25) is 0 Å². The molecule has 1 unspecified atom stereocenters. The summed E-state index contributed by atoms with van der Waals surface area (Å²) in [5, 5.41) is 0.837. The Bertz CT molecular complexity index is 1100. The van der Waals surface area contributed by atoms with Crippen LogP contribution in [0.4, 0.5) is 0 Å². The average Bonchev–Trinajstić information content (AvgIpc) is 2.69. The Morgan fingerprint density at radius 3 is 2.63 bits per heavy atom. The Kier molecular flexibility index (Phi) is 7.45. The molecular weight excluding hydrogens is 410 g/mol. The van der Waals surface area contributed by atoms with Gasteiger partial charge in [0.15, 0.2) is 0 Å². The third-order valence-corrected chi connectivity index (χ3v) is 4.71. The zero-order chi connectivity index (χ0) is 21.5. The van der Waals surface area contributed by atoms with Crippen LogP contribution in [0.25, 0.3) is 11.0 Å². The lowest BCUT2D eigenvalue weighted by Crippen LogP contribution is -2.06. The monoisotopic (exact) mass is 433 g/mol. The zero-order valence-electron chi connectivity index (χ0n) is 16.5. The molecule has 1 heterocycles. The number of fused-ring (bicyclic) bond motifs is 1. The quantitative estimate of drug-likeness (QED) is 0.284. The molecular formula is C21H23NO7S. The topological polar surface area (TPSA) is 121 Å². The number of hydrogen-bond donors (Lipinski definition) is 2. The van der Waals surface area contributed by atoms with Crippen LogP contribution in [0.15, 0.2) is 51.7 Å². The maximum atomic E-state index is 11.6. The molecule has 0 amide bonds. The van der Waals surface area contributed by atoms with Gasteiger partial charge in [-0.2, -0.15) is 4.21 Å². The van der Waals surface area contributed by atoms with Crippen molar-refractivity contribution in [2.45, 2.75) is 26.4 Å². The van der Waals surface area contributed by atoms with Crippen molar-refractivity contribution in [3.63, 3.8) is 0 Å². The van der Waals surface area contributed by atoms with Crippen molar-refractivity contribution >= 4 is 22.3 Å².